The molecule has 90 valence electrons. The molecule has 0 aliphatic rings. The second-order valence-electron chi connectivity index (χ2n) is 3.22. The lowest BCUT2D eigenvalue weighted by Crippen LogP contribution is -2.12. The van der Waals surface area contributed by atoms with Crippen LogP contribution in [0.4, 0.5) is 11.4 Å². The first kappa shape index (κ1) is 12.4. The molecule has 0 fully saturated rings. The van der Waals surface area contributed by atoms with Crippen LogP contribution in [-0.2, 0) is 0 Å². The molecule has 0 aliphatic heterocycles. The summed E-state index contributed by atoms with van der Waals surface area (Å²) in [5.41, 5.74) is 12.0. The van der Waals surface area contributed by atoms with Crippen molar-refractivity contribution in [2.24, 2.45) is 0 Å². The lowest BCUT2D eigenvalue weighted by Gasteiger charge is -2.14. The smallest absolute Gasteiger partial charge is 0.194 e. The topological polar surface area (TPSA) is 111 Å². The van der Waals surface area contributed by atoms with E-state index in [1.54, 1.807) is 0 Å². The molecular formula is C10H16N2O4. The number of hydrogen-bond donors (Lipinski definition) is 4. The Morgan fingerprint density at radius 3 is 2.44 bits per heavy atom. The van der Waals surface area contributed by atoms with Crippen molar-refractivity contribution < 1.29 is 19.7 Å². The van der Waals surface area contributed by atoms with E-state index in [0.717, 1.165) is 0 Å². The maximum absolute atomic E-state index is 9.08. The molecular weight excluding hydrogens is 212 g/mol. The summed E-state index contributed by atoms with van der Waals surface area (Å²) in [6.07, 6.45) is -0.975. The Morgan fingerprint density at radius 1 is 1.25 bits per heavy atom. The van der Waals surface area contributed by atoms with Gasteiger partial charge in [-0.25, -0.2) is 0 Å². The molecule has 0 saturated heterocycles. The van der Waals surface area contributed by atoms with E-state index in [1.165, 1.54) is 19.1 Å². The Labute approximate surface area is 93.4 Å². The van der Waals surface area contributed by atoms with Gasteiger partial charge in [-0.2, -0.15) is 0 Å². The van der Waals surface area contributed by atoms with Crippen LogP contribution in [0.2, 0.25) is 0 Å². The van der Waals surface area contributed by atoms with Gasteiger partial charge in [-0.3, -0.25) is 0 Å². The molecule has 6 N–H and O–H groups in total. The molecule has 1 aromatic rings. The van der Waals surface area contributed by atoms with Gasteiger partial charge in [0.15, 0.2) is 6.29 Å². The second-order valence-corrected chi connectivity index (χ2v) is 3.22. The van der Waals surface area contributed by atoms with Crippen molar-refractivity contribution in [3.63, 3.8) is 0 Å². The fraction of sp³-hybridized carbons (Fsp3) is 0.400. The largest absolute Gasteiger partial charge is 0.489 e. The maximum Gasteiger partial charge on any atom is 0.194 e. The Kier molecular flexibility index (Phi) is 4.21. The molecule has 0 aliphatic carbocycles. The zero-order chi connectivity index (χ0) is 12.1. The maximum atomic E-state index is 9.08. The van der Waals surface area contributed by atoms with Gasteiger partial charge in [0.25, 0.3) is 0 Å². The number of ether oxygens (including phenoxy) is 2. The van der Waals surface area contributed by atoms with Crippen molar-refractivity contribution in [1.82, 2.24) is 0 Å². The van der Waals surface area contributed by atoms with Crippen LogP contribution in [0.1, 0.15) is 6.92 Å². The minimum atomic E-state index is -0.975. The van der Waals surface area contributed by atoms with Crippen LogP contribution >= 0.6 is 0 Å². The number of aliphatic hydroxyl groups is 2. The van der Waals surface area contributed by atoms with E-state index in [9.17, 15) is 0 Å². The van der Waals surface area contributed by atoms with Crippen molar-refractivity contribution in [2.75, 3.05) is 24.7 Å². The summed E-state index contributed by atoms with van der Waals surface area (Å²) in [6.45, 7) is 1.47. The van der Waals surface area contributed by atoms with Crippen LogP contribution in [0.5, 0.6) is 11.5 Å². The second kappa shape index (κ2) is 5.43. The third-order valence-electron chi connectivity index (χ3n) is 1.79. The van der Waals surface area contributed by atoms with E-state index in [1.807, 2.05) is 0 Å². The minimum absolute atomic E-state index is 0.115. The molecule has 0 aromatic heterocycles. The number of nitrogens with two attached hydrogens (primary N) is 2. The van der Waals surface area contributed by atoms with E-state index in [2.05, 4.69) is 0 Å². The first-order chi connectivity index (χ1) is 7.54. The van der Waals surface area contributed by atoms with Gasteiger partial charge in [-0.05, 0) is 13.0 Å². The fourth-order valence-corrected chi connectivity index (χ4v) is 1.16. The number of benzene rings is 1. The molecule has 16 heavy (non-hydrogen) atoms. The number of anilines is 2. The van der Waals surface area contributed by atoms with Gasteiger partial charge < -0.3 is 31.2 Å². The molecule has 0 heterocycles. The van der Waals surface area contributed by atoms with Gasteiger partial charge >= 0.3 is 0 Å². The molecule has 1 aromatic carbocycles. The Hall–Kier alpha value is -1.66. The predicted molar refractivity (Wildman–Crippen MR) is 60.2 cm³/mol. The van der Waals surface area contributed by atoms with Crippen LogP contribution in [0.15, 0.2) is 12.1 Å². The summed E-state index contributed by atoms with van der Waals surface area (Å²) >= 11 is 0. The highest BCUT2D eigenvalue weighted by molar-refractivity contribution is 5.67. The lowest BCUT2D eigenvalue weighted by atomic mass is 10.2. The Balaban J connectivity index is 2.92. The molecule has 6 heteroatoms. The molecule has 0 amide bonds. The van der Waals surface area contributed by atoms with Crippen LogP contribution in [0.25, 0.3) is 0 Å². The molecule has 0 bridgehead atoms. The number of rotatable bonds is 5. The van der Waals surface area contributed by atoms with Crippen molar-refractivity contribution in [3.8, 4) is 11.5 Å². The molecule has 0 radical (unpaired) electrons. The molecule has 0 spiro atoms. The summed E-state index contributed by atoms with van der Waals surface area (Å²) in [5, 5.41) is 17.7. The first-order valence-electron chi connectivity index (χ1n) is 4.82. The van der Waals surface area contributed by atoms with Gasteiger partial charge in [-0.1, -0.05) is 0 Å². The van der Waals surface area contributed by atoms with E-state index >= 15 is 0 Å². The third kappa shape index (κ3) is 3.18. The molecule has 1 unspecified atom stereocenters. The van der Waals surface area contributed by atoms with Crippen molar-refractivity contribution in [1.29, 1.82) is 0 Å². The van der Waals surface area contributed by atoms with Crippen molar-refractivity contribution in [3.05, 3.63) is 12.1 Å². The fourth-order valence-electron chi connectivity index (χ4n) is 1.16. The molecule has 1 atom stereocenters. The highest BCUT2D eigenvalue weighted by Crippen LogP contribution is 2.33. The van der Waals surface area contributed by atoms with Crippen molar-refractivity contribution in [2.45, 2.75) is 13.2 Å². The summed E-state index contributed by atoms with van der Waals surface area (Å²) in [7, 11) is 0. The Morgan fingerprint density at radius 2 is 1.88 bits per heavy atom. The van der Waals surface area contributed by atoms with E-state index in [-0.39, 0.29) is 19.0 Å². The number of aliphatic hydroxyl groups excluding tert-OH is 2. The Bertz CT molecular complexity index is 355. The van der Waals surface area contributed by atoms with Crippen LogP contribution in [0, 0.1) is 0 Å². The predicted octanol–water partition coefficient (Wildman–Crippen LogP) is -0.0608. The molecule has 0 saturated carbocycles. The average Bonchev–Trinajstić information content (AvgIpc) is 2.20. The summed E-state index contributed by atoms with van der Waals surface area (Å²) < 4.78 is 10.2. The highest BCUT2D eigenvalue weighted by atomic mass is 16.6. The van der Waals surface area contributed by atoms with Gasteiger partial charge in [0.2, 0.25) is 0 Å². The normalized spacial score (nSPS) is 12.2. The zero-order valence-corrected chi connectivity index (χ0v) is 9.01. The van der Waals surface area contributed by atoms with E-state index in [4.69, 9.17) is 31.2 Å². The quantitative estimate of drug-likeness (QED) is 0.415. The van der Waals surface area contributed by atoms with E-state index in [0.29, 0.717) is 17.1 Å². The molecule has 1 rings (SSSR count). The zero-order valence-electron chi connectivity index (χ0n) is 9.01. The lowest BCUT2D eigenvalue weighted by molar-refractivity contribution is 0.000120. The number of hydrogen-bond acceptors (Lipinski definition) is 6. The summed E-state index contributed by atoms with van der Waals surface area (Å²) in [6, 6.07) is 2.96. The summed E-state index contributed by atoms with van der Waals surface area (Å²) in [4.78, 5) is 0. The third-order valence-corrected chi connectivity index (χ3v) is 1.79. The van der Waals surface area contributed by atoms with Gasteiger partial charge in [0.1, 0.15) is 18.1 Å². The standard InChI is InChI=1S/C10H16N2O4/c1-6(14)16-10-5-9(15-3-2-13)7(11)4-8(10)12/h4-6,13-14H,2-3,11-12H2,1H3. The summed E-state index contributed by atoms with van der Waals surface area (Å²) in [5.74, 6) is 0.649. The van der Waals surface area contributed by atoms with Gasteiger partial charge in [-0.15, -0.1) is 0 Å². The van der Waals surface area contributed by atoms with Crippen molar-refractivity contribution >= 4 is 11.4 Å². The van der Waals surface area contributed by atoms with Gasteiger partial charge in [0.05, 0.1) is 18.0 Å². The highest BCUT2D eigenvalue weighted by Gasteiger charge is 2.09. The number of nitrogen functional groups attached to an aromatic ring is 2. The minimum Gasteiger partial charge on any atom is -0.489 e. The van der Waals surface area contributed by atoms with Crippen LogP contribution < -0.4 is 20.9 Å². The average molecular weight is 228 g/mol. The van der Waals surface area contributed by atoms with Gasteiger partial charge in [0, 0.05) is 6.07 Å². The molecule has 6 nitrogen and oxygen atoms in total. The SMILES string of the molecule is CC(O)Oc1cc(OCCO)c(N)cc1N. The monoisotopic (exact) mass is 228 g/mol. The van der Waals surface area contributed by atoms with Crippen LogP contribution in [0.3, 0.4) is 0 Å². The van der Waals surface area contributed by atoms with Crippen LogP contribution in [-0.4, -0.2) is 29.7 Å². The first-order valence-corrected chi connectivity index (χ1v) is 4.82. The van der Waals surface area contributed by atoms with E-state index < -0.39 is 6.29 Å².